The van der Waals surface area contributed by atoms with Crippen molar-refractivity contribution in [2.24, 2.45) is 0 Å². The number of aromatic nitrogens is 4. The third-order valence-electron chi connectivity index (χ3n) is 25.2. The summed E-state index contributed by atoms with van der Waals surface area (Å²) in [6, 6.07) is 157. The van der Waals surface area contributed by atoms with E-state index in [-0.39, 0.29) is 0 Å². The van der Waals surface area contributed by atoms with Crippen LogP contribution in [0.3, 0.4) is 0 Å². The minimum absolute atomic E-state index is 0.829. The molecule has 0 saturated carbocycles. The Hall–Kier alpha value is -15.6. The molecule has 0 amide bonds. The lowest BCUT2D eigenvalue weighted by Gasteiger charge is -2.16. The largest absolute Gasteiger partial charge is 0.454 e. The van der Waals surface area contributed by atoms with Gasteiger partial charge in [-0.2, -0.15) is 0 Å². The van der Waals surface area contributed by atoms with E-state index < -0.39 is 0 Å². The minimum Gasteiger partial charge on any atom is -0.454 e. The summed E-state index contributed by atoms with van der Waals surface area (Å²) in [5.74, 6) is 0. The summed E-state index contributed by atoms with van der Waals surface area (Å²) in [4.78, 5) is 0. The molecule has 0 aliphatic carbocycles. The Morgan fingerprint density at radius 1 is 0.192 bits per heavy atom. The molecule has 0 N–H and O–H groups in total. The molecule has 558 valence electrons. The van der Waals surface area contributed by atoms with Crippen molar-refractivity contribution >= 4 is 141 Å². The zero-order valence-electron chi connectivity index (χ0n) is 65.0. The number of para-hydroxylation sites is 6. The summed E-state index contributed by atoms with van der Waals surface area (Å²) in [6.07, 6.45) is 0. The molecule has 120 heavy (non-hydrogen) atoms. The van der Waals surface area contributed by atoms with E-state index in [1.165, 1.54) is 124 Å². The van der Waals surface area contributed by atoms with Crippen LogP contribution in [0.2, 0.25) is 0 Å². The maximum Gasteiger partial charge on any atom is 0.160 e. The molecule has 5 nitrogen and oxygen atoms in total. The molecule has 25 aromatic rings. The SMILES string of the molecule is c1ccc(-c2cccc(-n3c4ccccc4c4ccc(-c5ccc6c7ccccc7n(-c7ccc(-c8ccc(-c9ccc%10c(c9)c9cccc(-c%11cccc%12c%11c%11ccccc%11n%12-c%11ccc(-c%12ccccc%12-c%12ccccc%12)c%12c%11sc%11ccccc%11%12)c9n%10-c9ccccc9)cc8-c8ccccc8)c8c7oc7ccccc78)c6c5)cc43)c2)cc1. The molecule has 0 spiro atoms. The molecule has 0 bridgehead atoms. The lowest BCUT2D eigenvalue weighted by atomic mass is 9.89. The fourth-order valence-corrected chi connectivity index (χ4v) is 21.2. The summed E-state index contributed by atoms with van der Waals surface area (Å²) in [5, 5.41) is 14.3. The topological polar surface area (TPSA) is 32.9 Å². The van der Waals surface area contributed by atoms with Crippen molar-refractivity contribution < 1.29 is 4.42 Å². The third-order valence-corrected chi connectivity index (χ3v) is 26.4. The molecular formula is C114H70N4OS. The van der Waals surface area contributed by atoms with E-state index in [0.29, 0.717) is 0 Å². The van der Waals surface area contributed by atoms with Crippen LogP contribution in [-0.4, -0.2) is 18.3 Å². The van der Waals surface area contributed by atoms with Gasteiger partial charge < -0.3 is 22.7 Å². The molecule has 0 radical (unpaired) electrons. The van der Waals surface area contributed by atoms with Gasteiger partial charge in [0.1, 0.15) is 5.58 Å². The van der Waals surface area contributed by atoms with Crippen LogP contribution in [-0.2, 0) is 0 Å². The van der Waals surface area contributed by atoms with E-state index in [1.807, 2.05) is 11.3 Å². The summed E-state index contributed by atoms with van der Waals surface area (Å²) >= 11 is 1.89. The second-order valence-corrected chi connectivity index (χ2v) is 32.7. The van der Waals surface area contributed by atoms with Crippen molar-refractivity contribution in [3.63, 3.8) is 0 Å². The van der Waals surface area contributed by atoms with Gasteiger partial charge in [-0.3, -0.25) is 0 Å². The number of furan rings is 1. The van der Waals surface area contributed by atoms with Crippen molar-refractivity contribution in [2.75, 3.05) is 0 Å². The lowest BCUT2D eigenvalue weighted by Crippen LogP contribution is -1.96. The normalized spacial score (nSPS) is 12.0. The van der Waals surface area contributed by atoms with Gasteiger partial charge in [0, 0.05) is 86.3 Å². The first-order chi connectivity index (χ1) is 59.6. The highest BCUT2D eigenvalue weighted by atomic mass is 32.1. The molecule has 6 heteroatoms. The quantitative estimate of drug-likeness (QED) is 0.120. The third kappa shape index (κ3) is 10.4. The second-order valence-electron chi connectivity index (χ2n) is 31.6. The summed E-state index contributed by atoms with van der Waals surface area (Å²) in [6.45, 7) is 0. The number of thiophene rings is 1. The van der Waals surface area contributed by atoms with Gasteiger partial charge in [0.05, 0.1) is 60.2 Å². The van der Waals surface area contributed by atoms with Crippen molar-refractivity contribution in [1.82, 2.24) is 18.3 Å². The van der Waals surface area contributed by atoms with E-state index in [0.717, 1.165) is 117 Å². The fraction of sp³-hybridized carbons (Fsp3) is 0. The van der Waals surface area contributed by atoms with E-state index in [1.54, 1.807) is 0 Å². The van der Waals surface area contributed by atoms with Gasteiger partial charge in [-0.1, -0.05) is 322 Å². The van der Waals surface area contributed by atoms with Crippen LogP contribution in [0.5, 0.6) is 0 Å². The standard InChI is InChI=1S/C114H70N4OS/c1-5-28-71(29-6-1)74-34-25-37-80(66-74)115-98-48-20-15-40-84(98)86-59-55-77(69-105(86)115)78-56-60-87-85-41-16-21-49-99(85)118(106(87)70-78)103-64-61-89(110-94-43-18-23-52-107(94)119-113(103)110)83-58-54-75(67-96(83)73-32-9-3-10-33-73)76-57-63-101-97(68-76)92-47-26-46-91(112(92)116(101)79-35-11-4-12-36-79)88-45-27-51-102-109(88)93-42-17-22-50-100(93)117(102)104-65-62-90(111-95-44-19-24-53-108(95)120-114(104)111)82-39-14-13-38-81(82)72-30-7-2-8-31-72/h1-70H. The van der Waals surface area contributed by atoms with Crippen LogP contribution < -0.4 is 0 Å². The average molecular weight is 1540 g/mol. The number of rotatable bonds is 12. The fourth-order valence-electron chi connectivity index (χ4n) is 19.9. The Kier molecular flexibility index (Phi) is 15.2. The Balaban J connectivity index is 0.634. The smallest absolute Gasteiger partial charge is 0.160 e. The van der Waals surface area contributed by atoms with Crippen molar-refractivity contribution in [2.45, 2.75) is 0 Å². The van der Waals surface area contributed by atoms with Crippen molar-refractivity contribution in [3.05, 3.63) is 425 Å². The highest BCUT2D eigenvalue weighted by Gasteiger charge is 2.28. The Labute approximate surface area is 694 Å². The van der Waals surface area contributed by atoms with E-state index in [4.69, 9.17) is 4.42 Å². The van der Waals surface area contributed by atoms with Gasteiger partial charge in [-0.15, -0.1) is 11.3 Å². The lowest BCUT2D eigenvalue weighted by molar-refractivity contribution is 0.666. The predicted molar refractivity (Wildman–Crippen MR) is 507 cm³/mol. The van der Waals surface area contributed by atoms with E-state index in [2.05, 4.69) is 443 Å². The first kappa shape index (κ1) is 67.7. The number of fused-ring (bicyclic) bond motifs is 18. The van der Waals surface area contributed by atoms with Gasteiger partial charge >= 0.3 is 0 Å². The molecule has 0 aliphatic rings. The molecule has 6 aromatic heterocycles. The highest BCUT2D eigenvalue weighted by Crippen LogP contribution is 2.52. The number of nitrogens with zero attached hydrogens (tertiary/aromatic N) is 4. The zero-order valence-corrected chi connectivity index (χ0v) is 65.8. The van der Waals surface area contributed by atoms with Crippen molar-refractivity contribution in [1.29, 1.82) is 0 Å². The average Bonchev–Trinajstić information content (AvgIpc) is 1.49. The number of hydrogen-bond donors (Lipinski definition) is 0. The summed E-state index contributed by atoms with van der Waals surface area (Å²) in [5.41, 5.74) is 33.8. The van der Waals surface area contributed by atoms with Crippen LogP contribution in [0.4, 0.5) is 0 Å². The zero-order chi connectivity index (χ0) is 78.6. The Bertz CT molecular complexity index is 8530. The Morgan fingerprint density at radius 3 is 1.38 bits per heavy atom. The van der Waals surface area contributed by atoms with Crippen molar-refractivity contribution in [3.8, 4) is 112 Å². The first-order valence-electron chi connectivity index (χ1n) is 41.2. The second kappa shape index (κ2) is 27.0. The number of hydrogen-bond acceptors (Lipinski definition) is 2. The van der Waals surface area contributed by atoms with Gasteiger partial charge in [0.2, 0.25) is 0 Å². The molecule has 0 aliphatic heterocycles. The molecular weight excluding hydrogens is 1470 g/mol. The summed E-state index contributed by atoms with van der Waals surface area (Å²) in [7, 11) is 0. The van der Waals surface area contributed by atoms with Crippen LogP contribution >= 0.6 is 11.3 Å². The van der Waals surface area contributed by atoms with E-state index in [9.17, 15) is 0 Å². The van der Waals surface area contributed by atoms with Gasteiger partial charge in [0.25, 0.3) is 0 Å². The van der Waals surface area contributed by atoms with Crippen LogP contribution in [0.15, 0.2) is 429 Å². The molecule has 25 rings (SSSR count). The Morgan fingerprint density at radius 2 is 0.633 bits per heavy atom. The summed E-state index contributed by atoms with van der Waals surface area (Å²) < 4.78 is 19.8. The molecule has 0 saturated heterocycles. The van der Waals surface area contributed by atoms with Gasteiger partial charge in [-0.05, 0) is 187 Å². The predicted octanol–water partition coefficient (Wildman–Crippen LogP) is 31.7. The monoisotopic (exact) mass is 1540 g/mol. The highest BCUT2D eigenvalue weighted by molar-refractivity contribution is 7.26. The molecule has 6 heterocycles. The maximum atomic E-state index is 7.32. The van der Waals surface area contributed by atoms with Gasteiger partial charge in [-0.25, -0.2) is 0 Å². The molecule has 19 aromatic carbocycles. The van der Waals surface area contributed by atoms with Gasteiger partial charge in [0.15, 0.2) is 5.58 Å². The van der Waals surface area contributed by atoms with Crippen LogP contribution in [0.25, 0.3) is 241 Å². The van der Waals surface area contributed by atoms with E-state index >= 15 is 0 Å². The van der Waals surface area contributed by atoms with Crippen LogP contribution in [0, 0.1) is 0 Å². The maximum absolute atomic E-state index is 7.32. The van der Waals surface area contributed by atoms with Crippen LogP contribution in [0.1, 0.15) is 0 Å². The minimum atomic E-state index is 0.829. The first-order valence-corrected chi connectivity index (χ1v) is 42.0. The molecule has 0 fully saturated rings. The molecule has 0 unspecified atom stereocenters. The molecule has 0 atom stereocenters. The number of benzene rings is 19.